The van der Waals surface area contributed by atoms with Crippen molar-refractivity contribution in [3.63, 3.8) is 0 Å². The Morgan fingerprint density at radius 3 is 2.58 bits per heavy atom. The van der Waals surface area contributed by atoms with Crippen molar-refractivity contribution in [2.75, 3.05) is 38.2 Å². The molecule has 2 heterocycles. The SMILES string of the molecule is COc1ccc(Cl)cc1C(=O)N1CCN(c2ccc(Br)cn2)CC1. The van der Waals surface area contributed by atoms with E-state index in [1.54, 1.807) is 31.5 Å². The molecule has 0 N–H and O–H groups in total. The zero-order chi connectivity index (χ0) is 17.1. The van der Waals surface area contributed by atoms with Crippen LogP contribution in [-0.2, 0) is 0 Å². The summed E-state index contributed by atoms with van der Waals surface area (Å²) in [7, 11) is 1.55. The van der Waals surface area contributed by atoms with E-state index in [0.29, 0.717) is 29.4 Å². The first kappa shape index (κ1) is 17.0. The summed E-state index contributed by atoms with van der Waals surface area (Å²) in [5.41, 5.74) is 0.500. The largest absolute Gasteiger partial charge is 0.496 e. The van der Waals surface area contributed by atoms with E-state index in [0.717, 1.165) is 23.4 Å². The Bertz CT molecular complexity index is 731. The highest BCUT2D eigenvalue weighted by Crippen LogP contribution is 2.25. The van der Waals surface area contributed by atoms with Crippen LogP contribution in [0.3, 0.4) is 0 Å². The van der Waals surface area contributed by atoms with Crippen molar-refractivity contribution in [2.45, 2.75) is 0 Å². The summed E-state index contributed by atoms with van der Waals surface area (Å²) in [5.74, 6) is 1.41. The number of carbonyl (C=O) groups excluding carboxylic acids is 1. The lowest BCUT2D eigenvalue weighted by Crippen LogP contribution is -2.49. The summed E-state index contributed by atoms with van der Waals surface area (Å²) in [6.45, 7) is 2.74. The van der Waals surface area contributed by atoms with Gasteiger partial charge in [0.2, 0.25) is 0 Å². The standard InChI is InChI=1S/C17H17BrClN3O2/c1-24-15-4-3-13(19)10-14(15)17(23)22-8-6-21(7-9-22)16-5-2-12(18)11-20-16/h2-5,10-11H,6-9H2,1H3. The van der Waals surface area contributed by atoms with Gasteiger partial charge in [-0.15, -0.1) is 0 Å². The molecule has 2 aromatic rings. The number of hydrogen-bond acceptors (Lipinski definition) is 4. The Balaban J connectivity index is 1.69. The molecule has 0 spiro atoms. The Labute approximate surface area is 154 Å². The van der Waals surface area contributed by atoms with Crippen molar-refractivity contribution < 1.29 is 9.53 Å². The van der Waals surface area contributed by atoms with Crippen LogP contribution >= 0.6 is 27.5 Å². The first-order valence-corrected chi connectivity index (χ1v) is 8.75. The fraction of sp³-hybridized carbons (Fsp3) is 0.294. The smallest absolute Gasteiger partial charge is 0.257 e. The summed E-state index contributed by atoms with van der Waals surface area (Å²) >= 11 is 9.41. The topological polar surface area (TPSA) is 45.7 Å². The molecule has 0 aliphatic carbocycles. The van der Waals surface area contributed by atoms with Gasteiger partial charge in [-0.1, -0.05) is 11.6 Å². The maximum atomic E-state index is 12.8. The molecule has 126 valence electrons. The number of carbonyl (C=O) groups is 1. The van der Waals surface area contributed by atoms with Crippen LogP contribution in [0.2, 0.25) is 5.02 Å². The zero-order valence-electron chi connectivity index (χ0n) is 13.2. The van der Waals surface area contributed by atoms with Crippen LogP contribution in [0.25, 0.3) is 0 Å². The van der Waals surface area contributed by atoms with Crippen molar-refractivity contribution >= 4 is 39.3 Å². The third-order valence-corrected chi connectivity index (χ3v) is 4.70. The number of nitrogens with zero attached hydrogens (tertiary/aromatic N) is 3. The molecule has 5 nitrogen and oxygen atoms in total. The molecule has 0 radical (unpaired) electrons. The normalized spacial score (nSPS) is 14.6. The molecule has 1 fully saturated rings. The number of piperazine rings is 1. The van der Waals surface area contributed by atoms with Gasteiger partial charge in [-0.3, -0.25) is 4.79 Å². The molecule has 1 saturated heterocycles. The lowest BCUT2D eigenvalue weighted by atomic mass is 10.1. The van der Waals surface area contributed by atoms with Crippen LogP contribution in [0, 0.1) is 0 Å². The first-order valence-electron chi connectivity index (χ1n) is 7.58. The predicted molar refractivity (Wildman–Crippen MR) is 98.1 cm³/mol. The Morgan fingerprint density at radius 1 is 1.21 bits per heavy atom. The van der Waals surface area contributed by atoms with Crippen LogP contribution in [0.15, 0.2) is 41.0 Å². The molecule has 1 aromatic heterocycles. The third kappa shape index (κ3) is 3.65. The summed E-state index contributed by atoms with van der Waals surface area (Å²) in [6, 6.07) is 9.04. The predicted octanol–water partition coefficient (Wildman–Crippen LogP) is 3.47. The van der Waals surface area contributed by atoms with Gasteiger partial charge in [0.15, 0.2) is 0 Å². The van der Waals surface area contributed by atoms with Gasteiger partial charge in [0.25, 0.3) is 5.91 Å². The number of methoxy groups -OCH3 is 1. The number of anilines is 1. The summed E-state index contributed by atoms with van der Waals surface area (Å²) in [5, 5.41) is 0.525. The first-order chi connectivity index (χ1) is 11.6. The Kier molecular flexibility index (Phi) is 5.26. The van der Waals surface area contributed by atoms with Crippen molar-refractivity contribution in [3.05, 3.63) is 51.6 Å². The summed E-state index contributed by atoms with van der Waals surface area (Å²) < 4.78 is 6.23. The van der Waals surface area contributed by atoms with E-state index in [1.165, 1.54) is 0 Å². The van der Waals surface area contributed by atoms with Crippen molar-refractivity contribution in [3.8, 4) is 5.75 Å². The van der Waals surface area contributed by atoms with Gasteiger partial charge in [-0.25, -0.2) is 4.98 Å². The van der Waals surface area contributed by atoms with Crippen LogP contribution in [0.4, 0.5) is 5.82 Å². The number of pyridine rings is 1. The number of hydrogen-bond donors (Lipinski definition) is 0. The van der Waals surface area contributed by atoms with E-state index in [-0.39, 0.29) is 5.91 Å². The molecule has 0 atom stereocenters. The van der Waals surface area contributed by atoms with E-state index in [1.807, 2.05) is 17.0 Å². The van der Waals surface area contributed by atoms with E-state index >= 15 is 0 Å². The molecule has 0 bridgehead atoms. The summed E-state index contributed by atoms with van der Waals surface area (Å²) in [4.78, 5) is 21.2. The maximum absolute atomic E-state index is 12.8. The van der Waals surface area contributed by atoms with E-state index in [9.17, 15) is 4.79 Å². The molecule has 1 aromatic carbocycles. The zero-order valence-corrected chi connectivity index (χ0v) is 15.5. The monoisotopic (exact) mass is 409 g/mol. The van der Waals surface area contributed by atoms with Crippen LogP contribution in [0.1, 0.15) is 10.4 Å². The van der Waals surface area contributed by atoms with Gasteiger partial charge in [0.05, 0.1) is 12.7 Å². The molecule has 1 amide bonds. The number of amides is 1. The molecule has 3 rings (SSSR count). The molecule has 0 unspecified atom stereocenters. The van der Waals surface area contributed by atoms with Gasteiger partial charge in [-0.05, 0) is 46.3 Å². The minimum Gasteiger partial charge on any atom is -0.496 e. The second-order valence-electron chi connectivity index (χ2n) is 5.46. The fourth-order valence-electron chi connectivity index (χ4n) is 2.71. The average molecular weight is 411 g/mol. The highest BCUT2D eigenvalue weighted by Gasteiger charge is 2.25. The quantitative estimate of drug-likeness (QED) is 0.777. The number of rotatable bonds is 3. The number of aromatic nitrogens is 1. The van der Waals surface area contributed by atoms with Crippen LogP contribution in [-0.4, -0.2) is 49.1 Å². The molecular weight excluding hydrogens is 394 g/mol. The van der Waals surface area contributed by atoms with Gasteiger partial charge in [-0.2, -0.15) is 0 Å². The van der Waals surface area contributed by atoms with Gasteiger partial charge >= 0.3 is 0 Å². The maximum Gasteiger partial charge on any atom is 0.257 e. The lowest BCUT2D eigenvalue weighted by molar-refractivity contribution is 0.0743. The Morgan fingerprint density at radius 2 is 1.96 bits per heavy atom. The highest BCUT2D eigenvalue weighted by atomic mass is 79.9. The third-order valence-electron chi connectivity index (χ3n) is 3.99. The van der Waals surface area contributed by atoms with Crippen molar-refractivity contribution in [2.24, 2.45) is 0 Å². The van der Waals surface area contributed by atoms with Crippen molar-refractivity contribution in [1.29, 1.82) is 0 Å². The molecule has 24 heavy (non-hydrogen) atoms. The molecular formula is C17H17BrClN3O2. The average Bonchev–Trinajstić information content (AvgIpc) is 2.62. The van der Waals surface area contributed by atoms with Crippen LogP contribution < -0.4 is 9.64 Å². The van der Waals surface area contributed by atoms with Crippen LogP contribution in [0.5, 0.6) is 5.75 Å². The molecule has 1 aliphatic rings. The van der Waals surface area contributed by atoms with E-state index in [2.05, 4.69) is 25.8 Å². The second kappa shape index (κ2) is 7.40. The molecule has 7 heteroatoms. The molecule has 0 saturated carbocycles. The van der Waals surface area contributed by atoms with Crippen molar-refractivity contribution in [1.82, 2.24) is 9.88 Å². The van der Waals surface area contributed by atoms with Gasteiger partial charge in [0.1, 0.15) is 11.6 Å². The number of halogens is 2. The van der Waals surface area contributed by atoms with Gasteiger partial charge in [0, 0.05) is 41.9 Å². The van der Waals surface area contributed by atoms with E-state index in [4.69, 9.17) is 16.3 Å². The second-order valence-corrected chi connectivity index (χ2v) is 6.81. The number of benzene rings is 1. The lowest BCUT2D eigenvalue weighted by Gasteiger charge is -2.35. The van der Waals surface area contributed by atoms with E-state index < -0.39 is 0 Å². The Hall–Kier alpha value is -1.79. The summed E-state index contributed by atoms with van der Waals surface area (Å²) in [6.07, 6.45) is 1.78. The fourth-order valence-corrected chi connectivity index (χ4v) is 3.12. The number of ether oxygens (including phenoxy) is 1. The molecule has 1 aliphatic heterocycles. The minimum atomic E-state index is -0.0576. The highest BCUT2D eigenvalue weighted by molar-refractivity contribution is 9.10. The minimum absolute atomic E-state index is 0.0576. The van der Waals surface area contributed by atoms with Gasteiger partial charge < -0.3 is 14.5 Å².